The van der Waals surface area contributed by atoms with Crippen LogP contribution in [0.1, 0.15) is 46.5 Å². The highest BCUT2D eigenvalue weighted by Gasteiger charge is 2.37. The molecule has 7 heteroatoms. The Balaban J connectivity index is 2.04. The predicted molar refractivity (Wildman–Crippen MR) is 90.2 cm³/mol. The van der Waals surface area contributed by atoms with Crippen molar-refractivity contribution >= 4 is 23.8 Å². The number of aliphatic hydroxyl groups is 1. The number of alkyl carbamates (subject to hydrolysis) is 1. The van der Waals surface area contributed by atoms with E-state index in [0.29, 0.717) is 18.7 Å². The quantitative estimate of drug-likeness (QED) is 0.818. The van der Waals surface area contributed by atoms with Gasteiger partial charge in [-0.3, -0.25) is 4.79 Å². The van der Waals surface area contributed by atoms with Crippen LogP contribution in [-0.2, 0) is 9.53 Å². The van der Waals surface area contributed by atoms with Gasteiger partial charge in [-0.05, 0) is 52.4 Å². The van der Waals surface area contributed by atoms with Gasteiger partial charge < -0.3 is 20.1 Å². The fourth-order valence-corrected chi connectivity index (χ4v) is 3.99. The van der Waals surface area contributed by atoms with E-state index >= 15 is 0 Å². The van der Waals surface area contributed by atoms with Crippen LogP contribution in [0.3, 0.4) is 0 Å². The number of amides is 2. The summed E-state index contributed by atoms with van der Waals surface area (Å²) in [6.45, 7) is 6.14. The smallest absolute Gasteiger partial charge is 0.408 e. The van der Waals surface area contributed by atoms with Gasteiger partial charge in [0, 0.05) is 12.3 Å². The maximum atomic E-state index is 12.8. The highest BCUT2D eigenvalue weighted by molar-refractivity contribution is 7.99. The van der Waals surface area contributed by atoms with E-state index < -0.39 is 17.7 Å². The lowest BCUT2D eigenvalue weighted by molar-refractivity contribution is -0.134. The lowest BCUT2D eigenvalue weighted by Gasteiger charge is -2.34. The number of thioether (sulfide) groups is 1. The van der Waals surface area contributed by atoms with Gasteiger partial charge in [-0.15, -0.1) is 11.8 Å². The Morgan fingerprint density at radius 2 is 1.91 bits per heavy atom. The van der Waals surface area contributed by atoms with Crippen LogP contribution in [0.4, 0.5) is 4.79 Å². The monoisotopic (exact) mass is 344 g/mol. The summed E-state index contributed by atoms with van der Waals surface area (Å²) in [4.78, 5) is 26.7. The molecule has 23 heavy (non-hydrogen) atoms. The normalized spacial score (nSPS) is 26.7. The number of hydrogen-bond donors (Lipinski definition) is 2. The molecule has 1 saturated heterocycles. The van der Waals surface area contributed by atoms with Crippen molar-refractivity contribution in [3.8, 4) is 0 Å². The summed E-state index contributed by atoms with van der Waals surface area (Å²) < 4.78 is 5.32. The Kier molecular flexibility index (Phi) is 6.19. The number of nitrogens with one attached hydrogen (secondary N) is 1. The Morgan fingerprint density at radius 3 is 2.43 bits per heavy atom. The molecule has 6 nitrogen and oxygen atoms in total. The molecule has 1 saturated carbocycles. The third-order valence-corrected chi connectivity index (χ3v) is 5.18. The maximum Gasteiger partial charge on any atom is 0.408 e. The van der Waals surface area contributed by atoms with E-state index in [0.717, 1.165) is 25.1 Å². The van der Waals surface area contributed by atoms with E-state index in [1.807, 2.05) is 0 Å². The predicted octanol–water partition coefficient (Wildman–Crippen LogP) is 1.96. The molecule has 1 heterocycles. The van der Waals surface area contributed by atoms with Crippen molar-refractivity contribution in [2.45, 2.75) is 64.2 Å². The van der Waals surface area contributed by atoms with Crippen molar-refractivity contribution in [2.75, 3.05) is 18.2 Å². The van der Waals surface area contributed by atoms with Crippen LogP contribution < -0.4 is 5.32 Å². The fraction of sp³-hybridized carbons (Fsp3) is 0.875. The van der Waals surface area contributed by atoms with Crippen molar-refractivity contribution in [1.82, 2.24) is 10.2 Å². The molecule has 2 aliphatic rings. The molecule has 0 bridgehead atoms. The Labute approximate surface area is 142 Å². The van der Waals surface area contributed by atoms with E-state index in [-0.39, 0.29) is 17.9 Å². The topological polar surface area (TPSA) is 78.9 Å². The molecule has 0 spiro atoms. The number of aliphatic hydroxyl groups excluding tert-OH is 1. The van der Waals surface area contributed by atoms with E-state index in [1.54, 1.807) is 37.4 Å². The van der Waals surface area contributed by atoms with Gasteiger partial charge >= 0.3 is 6.09 Å². The molecule has 2 fully saturated rings. The first-order valence-corrected chi connectivity index (χ1v) is 9.46. The molecular weight excluding hydrogens is 316 g/mol. The first-order valence-electron chi connectivity index (χ1n) is 8.30. The number of hydrogen-bond acceptors (Lipinski definition) is 5. The van der Waals surface area contributed by atoms with Crippen LogP contribution in [0.25, 0.3) is 0 Å². The Bertz CT molecular complexity index is 424. The molecule has 2 rings (SSSR count). The van der Waals surface area contributed by atoms with Crippen molar-refractivity contribution in [2.24, 2.45) is 5.92 Å². The molecule has 0 aromatic rings. The van der Waals surface area contributed by atoms with E-state index in [1.165, 1.54) is 0 Å². The molecule has 132 valence electrons. The first-order chi connectivity index (χ1) is 10.8. The highest BCUT2D eigenvalue weighted by Crippen LogP contribution is 2.29. The lowest BCUT2D eigenvalue weighted by Crippen LogP contribution is -2.53. The summed E-state index contributed by atoms with van der Waals surface area (Å²) in [5.41, 5.74) is -0.593. The Hall–Kier alpha value is -0.950. The summed E-state index contributed by atoms with van der Waals surface area (Å²) in [6.07, 6.45) is 2.01. The van der Waals surface area contributed by atoms with Crippen molar-refractivity contribution < 1.29 is 19.4 Å². The van der Waals surface area contributed by atoms with E-state index in [9.17, 15) is 14.7 Å². The van der Waals surface area contributed by atoms with Crippen LogP contribution in [0.2, 0.25) is 0 Å². The molecule has 0 radical (unpaired) electrons. The number of rotatable bonds is 3. The van der Waals surface area contributed by atoms with E-state index in [4.69, 9.17) is 4.74 Å². The number of nitrogens with zero attached hydrogens (tertiary/aromatic N) is 1. The molecule has 0 unspecified atom stereocenters. The standard InChI is InChI=1S/C16H28N2O4S/c1-16(2,3)22-15(21)17-13(11-4-6-12(19)7-5-11)14(20)18-8-9-23-10-18/h11-13,19H,4-10H2,1-3H3,(H,17,21)/t11-,12-,13-/m0/s1. The van der Waals surface area contributed by atoms with Gasteiger partial charge in [0.05, 0.1) is 12.0 Å². The van der Waals surface area contributed by atoms with Crippen LogP contribution in [-0.4, -0.2) is 57.9 Å². The SMILES string of the molecule is CC(C)(C)OC(=O)N[C@H](C(=O)N1CCSC1)[C@H]1CC[C@H](O)CC1. The van der Waals surface area contributed by atoms with Crippen molar-refractivity contribution in [1.29, 1.82) is 0 Å². The van der Waals surface area contributed by atoms with Gasteiger partial charge in [-0.2, -0.15) is 0 Å². The second-order valence-corrected chi connectivity index (χ2v) is 8.41. The van der Waals surface area contributed by atoms with Gasteiger partial charge in [0.2, 0.25) is 5.91 Å². The van der Waals surface area contributed by atoms with Gasteiger partial charge in [-0.1, -0.05) is 0 Å². The third-order valence-electron chi connectivity index (χ3n) is 4.22. The minimum atomic E-state index is -0.593. The maximum absolute atomic E-state index is 12.8. The van der Waals surface area contributed by atoms with Crippen molar-refractivity contribution in [3.63, 3.8) is 0 Å². The lowest BCUT2D eigenvalue weighted by atomic mass is 9.82. The zero-order valence-corrected chi connectivity index (χ0v) is 15.0. The minimum absolute atomic E-state index is 0.0257. The average molecular weight is 344 g/mol. The molecule has 2 N–H and O–H groups in total. The Morgan fingerprint density at radius 1 is 1.26 bits per heavy atom. The number of carbonyl (C=O) groups is 2. The van der Waals surface area contributed by atoms with Gasteiger partial charge in [0.15, 0.2) is 0 Å². The molecule has 0 aromatic carbocycles. The van der Waals surface area contributed by atoms with E-state index in [2.05, 4.69) is 5.32 Å². The molecule has 0 aromatic heterocycles. The highest BCUT2D eigenvalue weighted by atomic mass is 32.2. The van der Waals surface area contributed by atoms with Crippen molar-refractivity contribution in [3.05, 3.63) is 0 Å². The van der Waals surface area contributed by atoms with Gasteiger partial charge in [0.25, 0.3) is 0 Å². The van der Waals surface area contributed by atoms with Crippen LogP contribution in [0, 0.1) is 5.92 Å². The first kappa shape index (κ1) is 18.4. The van der Waals surface area contributed by atoms with Crippen LogP contribution in [0.5, 0.6) is 0 Å². The second kappa shape index (κ2) is 7.75. The van der Waals surface area contributed by atoms with Gasteiger partial charge in [-0.25, -0.2) is 4.79 Å². The van der Waals surface area contributed by atoms with Crippen LogP contribution in [0.15, 0.2) is 0 Å². The summed E-state index contributed by atoms with van der Waals surface area (Å²) >= 11 is 1.72. The fourth-order valence-electron chi connectivity index (χ4n) is 3.04. The molecule has 1 atom stereocenters. The molecule has 2 amide bonds. The molecule has 1 aliphatic heterocycles. The number of ether oxygens (including phenoxy) is 1. The summed E-state index contributed by atoms with van der Waals surface area (Å²) in [5.74, 6) is 1.65. The van der Waals surface area contributed by atoms with Crippen LogP contribution >= 0.6 is 11.8 Å². The molecule has 1 aliphatic carbocycles. The molecular formula is C16H28N2O4S. The second-order valence-electron chi connectivity index (χ2n) is 7.33. The summed E-state index contributed by atoms with van der Waals surface area (Å²) in [5, 5.41) is 12.5. The number of carbonyl (C=O) groups excluding carboxylic acids is 2. The third kappa shape index (κ3) is 5.57. The average Bonchev–Trinajstić information content (AvgIpc) is 2.97. The zero-order chi connectivity index (χ0) is 17.0. The summed E-state index contributed by atoms with van der Waals surface area (Å²) in [6, 6.07) is -0.559. The minimum Gasteiger partial charge on any atom is -0.444 e. The van der Waals surface area contributed by atoms with Gasteiger partial charge in [0.1, 0.15) is 11.6 Å². The summed E-state index contributed by atoms with van der Waals surface area (Å²) in [7, 11) is 0. The zero-order valence-electron chi connectivity index (χ0n) is 14.2. The largest absolute Gasteiger partial charge is 0.444 e.